The van der Waals surface area contributed by atoms with Gasteiger partial charge >= 0.3 is 0 Å². The number of anilines is 1. The lowest BCUT2D eigenvalue weighted by atomic mass is 10.0. The van der Waals surface area contributed by atoms with Crippen LogP contribution in [0, 0.1) is 5.82 Å². The van der Waals surface area contributed by atoms with Crippen LogP contribution in [-0.2, 0) is 10.0 Å². The van der Waals surface area contributed by atoms with Crippen LogP contribution >= 0.6 is 0 Å². The number of sulfonamides is 1. The Balaban J connectivity index is 2.34. The number of hydrazone groups is 1. The SMILES string of the molecule is CC(C)Oc1cc2c(/C(=N/N)NN)c(-c3ccc(F)cc3)oc2cc1NS(C)(=O)=O. The number of hydrogen-bond donors (Lipinski definition) is 4. The highest BCUT2D eigenvalue weighted by atomic mass is 32.2. The van der Waals surface area contributed by atoms with Gasteiger partial charge in [-0.2, -0.15) is 5.10 Å². The molecule has 0 aliphatic carbocycles. The molecule has 0 amide bonds. The van der Waals surface area contributed by atoms with Crippen LogP contribution in [0.15, 0.2) is 45.9 Å². The van der Waals surface area contributed by atoms with E-state index < -0.39 is 15.8 Å². The molecule has 0 spiro atoms. The van der Waals surface area contributed by atoms with Crippen LogP contribution in [0.5, 0.6) is 5.75 Å². The summed E-state index contributed by atoms with van der Waals surface area (Å²) in [6.45, 7) is 3.62. The molecule has 0 bridgehead atoms. The lowest BCUT2D eigenvalue weighted by molar-refractivity contribution is 0.244. The number of hydrazine groups is 1. The van der Waals surface area contributed by atoms with Gasteiger partial charge in [-0.1, -0.05) is 0 Å². The summed E-state index contributed by atoms with van der Waals surface area (Å²) in [7, 11) is -3.58. The normalized spacial score (nSPS) is 12.4. The van der Waals surface area contributed by atoms with Crippen LogP contribution in [0.2, 0.25) is 0 Å². The molecule has 0 aliphatic heterocycles. The molecule has 2 aromatic carbocycles. The Morgan fingerprint density at radius 3 is 2.43 bits per heavy atom. The van der Waals surface area contributed by atoms with Gasteiger partial charge in [0.1, 0.15) is 22.9 Å². The van der Waals surface area contributed by atoms with E-state index in [1.54, 1.807) is 6.07 Å². The van der Waals surface area contributed by atoms with Gasteiger partial charge in [-0.05, 0) is 44.2 Å². The minimum Gasteiger partial charge on any atom is -0.489 e. The molecule has 0 unspecified atom stereocenters. The molecular weight excluding hydrogens is 413 g/mol. The number of benzene rings is 2. The van der Waals surface area contributed by atoms with Gasteiger partial charge in [-0.15, -0.1) is 0 Å². The number of nitrogens with two attached hydrogens (primary N) is 2. The number of hydrogen-bond acceptors (Lipinski definition) is 7. The largest absolute Gasteiger partial charge is 0.489 e. The van der Waals surface area contributed by atoms with E-state index in [4.69, 9.17) is 20.8 Å². The van der Waals surface area contributed by atoms with Crippen LogP contribution in [0.3, 0.4) is 0 Å². The fourth-order valence-corrected chi connectivity index (χ4v) is 3.53. The molecule has 3 aromatic rings. The molecule has 6 N–H and O–H groups in total. The van der Waals surface area contributed by atoms with Crippen LogP contribution < -0.4 is 26.6 Å². The Kier molecular flexibility index (Phi) is 5.85. The summed E-state index contributed by atoms with van der Waals surface area (Å²) in [6, 6.07) is 8.73. The summed E-state index contributed by atoms with van der Waals surface area (Å²) < 4.78 is 51.2. The maximum absolute atomic E-state index is 13.4. The number of ether oxygens (including phenoxy) is 1. The number of halogens is 1. The van der Waals surface area contributed by atoms with Crippen molar-refractivity contribution in [3.8, 4) is 17.1 Å². The molecule has 30 heavy (non-hydrogen) atoms. The highest BCUT2D eigenvalue weighted by molar-refractivity contribution is 7.92. The summed E-state index contributed by atoms with van der Waals surface area (Å²) in [4.78, 5) is 0. The molecule has 3 rings (SSSR count). The highest BCUT2D eigenvalue weighted by Gasteiger charge is 2.23. The van der Waals surface area contributed by atoms with E-state index in [1.807, 2.05) is 13.8 Å². The lowest BCUT2D eigenvalue weighted by Crippen LogP contribution is -2.32. The number of nitrogens with zero attached hydrogens (tertiary/aromatic N) is 1. The van der Waals surface area contributed by atoms with Gasteiger partial charge in [0.25, 0.3) is 0 Å². The van der Waals surface area contributed by atoms with E-state index in [0.29, 0.717) is 27.9 Å². The molecule has 160 valence electrons. The number of rotatable bonds is 6. The maximum atomic E-state index is 13.4. The van der Waals surface area contributed by atoms with E-state index in [1.165, 1.54) is 30.3 Å². The molecule has 0 fully saturated rings. The number of fused-ring (bicyclic) bond motifs is 1. The first kappa shape index (κ1) is 21.4. The Hall–Kier alpha value is -3.31. The van der Waals surface area contributed by atoms with Crippen molar-refractivity contribution in [1.29, 1.82) is 0 Å². The van der Waals surface area contributed by atoms with Crippen molar-refractivity contribution in [3.05, 3.63) is 47.8 Å². The zero-order valence-electron chi connectivity index (χ0n) is 16.6. The third kappa shape index (κ3) is 4.47. The Morgan fingerprint density at radius 2 is 1.90 bits per heavy atom. The molecular formula is C19H22FN5O4S. The second-order valence-electron chi connectivity index (χ2n) is 6.82. The molecule has 0 atom stereocenters. The average molecular weight is 435 g/mol. The Labute approximate surface area is 172 Å². The summed E-state index contributed by atoms with van der Waals surface area (Å²) >= 11 is 0. The second kappa shape index (κ2) is 8.20. The van der Waals surface area contributed by atoms with Crippen molar-refractivity contribution >= 4 is 32.5 Å². The molecule has 1 aromatic heterocycles. The first-order valence-electron chi connectivity index (χ1n) is 8.88. The highest BCUT2D eigenvalue weighted by Crippen LogP contribution is 2.39. The van der Waals surface area contributed by atoms with Gasteiger partial charge in [0.15, 0.2) is 5.84 Å². The lowest BCUT2D eigenvalue weighted by Gasteiger charge is -2.15. The molecule has 0 saturated heterocycles. The van der Waals surface area contributed by atoms with Crippen LogP contribution in [0.25, 0.3) is 22.3 Å². The predicted octanol–water partition coefficient (Wildman–Crippen LogP) is 2.48. The number of furan rings is 1. The van der Waals surface area contributed by atoms with Crippen molar-refractivity contribution in [2.24, 2.45) is 16.8 Å². The molecule has 11 heteroatoms. The molecule has 1 heterocycles. The minimum atomic E-state index is -3.58. The van der Waals surface area contributed by atoms with Gasteiger partial charge in [0, 0.05) is 17.0 Å². The summed E-state index contributed by atoms with van der Waals surface area (Å²) in [5.41, 5.74) is 3.91. The number of nitrogens with one attached hydrogen (secondary N) is 2. The monoisotopic (exact) mass is 435 g/mol. The summed E-state index contributed by atoms with van der Waals surface area (Å²) in [6.07, 6.45) is 0.801. The van der Waals surface area contributed by atoms with E-state index >= 15 is 0 Å². The van der Waals surface area contributed by atoms with E-state index in [9.17, 15) is 12.8 Å². The van der Waals surface area contributed by atoms with Crippen LogP contribution in [-0.4, -0.2) is 26.6 Å². The third-order valence-electron chi connectivity index (χ3n) is 4.06. The molecule has 9 nitrogen and oxygen atoms in total. The van der Waals surface area contributed by atoms with Gasteiger partial charge in [0.2, 0.25) is 10.0 Å². The van der Waals surface area contributed by atoms with Gasteiger partial charge in [-0.3, -0.25) is 4.72 Å². The average Bonchev–Trinajstić information content (AvgIpc) is 3.00. The Bertz CT molecular complexity index is 1200. The van der Waals surface area contributed by atoms with E-state index in [-0.39, 0.29) is 23.4 Å². The van der Waals surface area contributed by atoms with Crippen molar-refractivity contribution in [2.75, 3.05) is 11.0 Å². The van der Waals surface area contributed by atoms with Gasteiger partial charge in [-0.25, -0.2) is 18.7 Å². The predicted molar refractivity (Wildman–Crippen MR) is 114 cm³/mol. The fourth-order valence-electron chi connectivity index (χ4n) is 2.97. The third-order valence-corrected chi connectivity index (χ3v) is 4.65. The van der Waals surface area contributed by atoms with Gasteiger partial charge in [0.05, 0.1) is 23.6 Å². The standard InChI is InChI=1S/C19H22FN5O4S/c1-10(2)28-16-8-13-15(9-14(16)25-30(3,26)27)29-18(17(13)19(23-21)24-22)11-4-6-12(20)7-5-11/h4-10,25H,21-22H2,1-3H3,(H,23,24). The van der Waals surface area contributed by atoms with Gasteiger partial charge < -0.3 is 20.4 Å². The van der Waals surface area contributed by atoms with E-state index in [0.717, 1.165) is 6.26 Å². The van der Waals surface area contributed by atoms with Crippen LogP contribution in [0.4, 0.5) is 10.1 Å². The zero-order valence-corrected chi connectivity index (χ0v) is 17.4. The maximum Gasteiger partial charge on any atom is 0.229 e. The fraction of sp³-hybridized carbons (Fsp3) is 0.211. The molecule has 0 radical (unpaired) electrons. The van der Waals surface area contributed by atoms with E-state index in [2.05, 4.69) is 15.2 Å². The zero-order chi connectivity index (χ0) is 22.1. The van der Waals surface area contributed by atoms with Crippen molar-refractivity contribution in [1.82, 2.24) is 5.43 Å². The second-order valence-corrected chi connectivity index (χ2v) is 8.57. The molecule has 0 saturated carbocycles. The first-order valence-corrected chi connectivity index (χ1v) is 10.8. The topological polar surface area (TPSA) is 145 Å². The summed E-state index contributed by atoms with van der Waals surface area (Å²) in [5, 5.41) is 4.19. The van der Waals surface area contributed by atoms with Crippen molar-refractivity contribution in [3.63, 3.8) is 0 Å². The summed E-state index contributed by atoms with van der Waals surface area (Å²) in [5.74, 6) is 11.4. The number of amidine groups is 1. The minimum absolute atomic E-state index is 0.118. The Morgan fingerprint density at radius 1 is 1.23 bits per heavy atom. The van der Waals surface area contributed by atoms with Crippen molar-refractivity contribution < 1.29 is 22.0 Å². The molecule has 0 aliphatic rings. The van der Waals surface area contributed by atoms with Crippen LogP contribution in [0.1, 0.15) is 19.4 Å². The first-order chi connectivity index (χ1) is 14.1. The van der Waals surface area contributed by atoms with Crippen molar-refractivity contribution in [2.45, 2.75) is 20.0 Å². The smallest absolute Gasteiger partial charge is 0.229 e. The quantitative estimate of drug-likeness (QED) is 0.201.